The van der Waals surface area contributed by atoms with Crippen molar-refractivity contribution in [2.45, 2.75) is 40.0 Å². The van der Waals surface area contributed by atoms with Gasteiger partial charge in [-0.1, -0.05) is 39.0 Å². The number of para-hydroxylation sites is 1. The molecule has 2 rings (SSSR count). The van der Waals surface area contributed by atoms with Crippen molar-refractivity contribution in [3.8, 4) is 0 Å². The fraction of sp³-hybridized carbons (Fsp3) is 0.632. The molecule has 2 N–H and O–H groups in total. The Morgan fingerprint density at radius 2 is 1.68 bits per heavy atom. The van der Waals surface area contributed by atoms with Crippen molar-refractivity contribution < 1.29 is 4.79 Å². The Balaban J connectivity index is 0.00000288. The average Bonchev–Trinajstić information content (AvgIpc) is 2.52. The first-order valence-electron chi connectivity index (χ1n) is 8.69. The molecule has 1 aromatic carbocycles. The van der Waals surface area contributed by atoms with Gasteiger partial charge in [0.25, 0.3) is 0 Å². The Morgan fingerprint density at radius 3 is 2.24 bits per heavy atom. The first-order valence-corrected chi connectivity index (χ1v) is 8.69. The molecular formula is C19H33Cl2N3O. The highest BCUT2D eigenvalue weighted by Crippen LogP contribution is 2.19. The monoisotopic (exact) mass is 389 g/mol. The molecule has 0 spiro atoms. The summed E-state index contributed by atoms with van der Waals surface area (Å²) >= 11 is 0. The predicted octanol–water partition coefficient (Wildman–Crippen LogP) is 3.63. The molecule has 0 aromatic heterocycles. The van der Waals surface area contributed by atoms with E-state index in [1.807, 2.05) is 29.2 Å². The van der Waals surface area contributed by atoms with Crippen LogP contribution in [0.2, 0.25) is 0 Å². The lowest BCUT2D eigenvalue weighted by atomic mass is 9.92. The largest absolute Gasteiger partial charge is 0.399 e. The molecule has 1 saturated heterocycles. The number of amides is 1. The SMILES string of the molecule is CC(C)(C)CCN1CCN(C(=O)CCc2ccccc2N)CC1.Cl.Cl. The van der Waals surface area contributed by atoms with Gasteiger partial charge in [0.1, 0.15) is 0 Å². The lowest BCUT2D eigenvalue weighted by molar-refractivity contribution is -0.132. The third kappa shape index (κ3) is 8.30. The van der Waals surface area contributed by atoms with Crippen LogP contribution in [-0.4, -0.2) is 48.4 Å². The van der Waals surface area contributed by atoms with Crippen LogP contribution in [0.25, 0.3) is 0 Å². The fourth-order valence-corrected chi connectivity index (χ4v) is 2.88. The van der Waals surface area contributed by atoms with Crippen molar-refractivity contribution in [3.63, 3.8) is 0 Å². The van der Waals surface area contributed by atoms with Crippen LogP contribution in [0.15, 0.2) is 24.3 Å². The van der Waals surface area contributed by atoms with Crippen LogP contribution in [0.4, 0.5) is 5.69 Å². The van der Waals surface area contributed by atoms with E-state index in [1.54, 1.807) is 0 Å². The van der Waals surface area contributed by atoms with Gasteiger partial charge in [-0.2, -0.15) is 0 Å². The molecule has 1 amide bonds. The van der Waals surface area contributed by atoms with Gasteiger partial charge in [-0.3, -0.25) is 9.69 Å². The molecule has 0 bridgehead atoms. The number of rotatable bonds is 5. The summed E-state index contributed by atoms with van der Waals surface area (Å²) in [6.45, 7) is 11.7. The van der Waals surface area contributed by atoms with E-state index < -0.39 is 0 Å². The van der Waals surface area contributed by atoms with Crippen LogP contribution in [0.3, 0.4) is 0 Å². The minimum absolute atomic E-state index is 0. The number of carbonyl (C=O) groups is 1. The second kappa shape index (κ2) is 10.9. The molecule has 0 aliphatic carbocycles. The topological polar surface area (TPSA) is 49.6 Å². The van der Waals surface area contributed by atoms with Gasteiger partial charge in [0.05, 0.1) is 0 Å². The van der Waals surface area contributed by atoms with Gasteiger partial charge in [0.15, 0.2) is 0 Å². The van der Waals surface area contributed by atoms with Crippen LogP contribution in [0.1, 0.15) is 39.2 Å². The van der Waals surface area contributed by atoms with Gasteiger partial charge in [0, 0.05) is 38.3 Å². The van der Waals surface area contributed by atoms with Crippen molar-refractivity contribution in [1.29, 1.82) is 0 Å². The first kappa shape index (κ1) is 24.0. The minimum atomic E-state index is 0. The Morgan fingerprint density at radius 1 is 1.08 bits per heavy atom. The summed E-state index contributed by atoms with van der Waals surface area (Å²) in [7, 11) is 0. The van der Waals surface area contributed by atoms with Crippen LogP contribution in [-0.2, 0) is 11.2 Å². The average molecular weight is 390 g/mol. The smallest absolute Gasteiger partial charge is 0.222 e. The molecule has 1 aromatic rings. The van der Waals surface area contributed by atoms with Gasteiger partial charge in [-0.15, -0.1) is 24.8 Å². The highest BCUT2D eigenvalue weighted by molar-refractivity contribution is 5.85. The van der Waals surface area contributed by atoms with E-state index in [4.69, 9.17) is 5.73 Å². The summed E-state index contributed by atoms with van der Waals surface area (Å²) in [4.78, 5) is 16.9. The second-order valence-corrected chi connectivity index (χ2v) is 7.73. The summed E-state index contributed by atoms with van der Waals surface area (Å²) in [5.74, 6) is 0.253. The molecule has 0 saturated carbocycles. The number of halogens is 2. The quantitative estimate of drug-likeness (QED) is 0.782. The number of nitrogens with two attached hydrogens (primary N) is 1. The summed E-state index contributed by atoms with van der Waals surface area (Å²) in [5.41, 5.74) is 8.18. The number of nitrogens with zero attached hydrogens (tertiary/aromatic N) is 2. The predicted molar refractivity (Wildman–Crippen MR) is 111 cm³/mol. The Labute approximate surface area is 164 Å². The Hall–Kier alpha value is -0.970. The Kier molecular flexibility index (Phi) is 10.5. The highest BCUT2D eigenvalue weighted by Gasteiger charge is 2.22. The van der Waals surface area contributed by atoms with Crippen molar-refractivity contribution in [1.82, 2.24) is 9.80 Å². The zero-order valence-corrected chi connectivity index (χ0v) is 17.3. The van der Waals surface area contributed by atoms with Crippen molar-refractivity contribution in [2.24, 2.45) is 5.41 Å². The van der Waals surface area contributed by atoms with E-state index >= 15 is 0 Å². The van der Waals surface area contributed by atoms with Crippen molar-refractivity contribution in [3.05, 3.63) is 29.8 Å². The fourth-order valence-electron chi connectivity index (χ4n) is 2.88. The molecule has 0 unspecified atom stereocenters. The number of benzene rings is 1. The van der Waals surface area contributed by atoms with E-state index in [9.17, 15) is 4.79 Å². The summed E-state index contributed by atoms with van der Waals surface area (Å²) < 4.78 is 0. The zero-order chi connectivity index (χ0) is 16.9. The van der Waals surface area contributed by atoms with Gasteiger partial charge in [0.2, 0.25) is 5.91 Å². The van der Waals surface area contributed by atoms with Crippen molar-refractivity contribution in [2.75, 3.05) is 38.5 Å². The third-order valence-corrected chi connectivity index (χ3v) is 4.57. The number of hydrogen-bond acceptors (Lipinski definition) is 3. The minimum Gasteiger partial charge on any atom is -0.399 e. The molecular weight excluding hydrogens is 357 g/mol. The summed E-state index contributed by atoms with van der Waals surface area (Å²) in [6, 6.07) is 7.81. The Bertz CT molecular complexity index is 524. The van der Waals surface area contributed by atoms with Crippen LogP contribution >= 0.6 is 24.8 Å². The van der Waals surface area contributed by atoms with Crippen LogP contribution in [0, 0.1) is 5.41 Å². The number of carbonyl (C=O) groups excluding carboxylic acids is 1. The lowest BCUT2D eigenvalue weighted by Crippen LogP contribution is -2.49. The van der Waals surface area contributed by atoms with Gasteiger partial charge in [-0.05, 0) is 36.4 Å². The molecule has 1 aliphatic heterocycles. The standard InChI is InChI=1S/C19H31N3O.2ClH/c1-19(2,3)10-11-21-12-14-22(15-13-21)18(23)9-8-16-6-4-5-7-17(16)20;;/h4-7H,8-15,20H2,1-3H3;2*1H. The number of piperazine rings is 1. The molecule has 1 heterocycles. The van der Waals surface area contributed by atoms with Crippen LogP contribution in [0.5, 0.6) is 0 Å². The normalized spacial score (nSPS) is 15.2. The van der Waals surface area contributed by atoms with E-state index in [1.165, 1.54) is 6.42 Å². The van der Waals surface area contributed by atoms with Crippen molar-refractivity contribution >= 4 is 36.4 Å². The molecule has 1 fully saturated rings. The van der Waals surface area contributed by atoms with Gasteiger partial charge >= 0.3 is 0 Å². The third-order valence-electron chi connectivity index (χ3n) is 4.57. The van der Waals surface area contributed by atoms with Gasteiger partial charge in [-0.25, -0.2) is 0 Å². The van der Waals surface area contributed by atoms with E-state index in [0.29, 0.717) is 11.8 Å². The van der Waals surface area contributed by atoms with E-state index in [2.05, 4.69) is 25.7 Å². The number of nitrogen functional groups attached to an aromatic ring is 1. The summed E-state index contributed by atoms with van der Waals surface area (Å²) in [6.07, 6.45) is 2.49. The highest BCUT2D eigenvalue weighted by atomic mass is 35.5. The molecule has 6 heteroatoms. The molecule has 144 valence electrons. The van der Waals surface area contributed by atoms with E-state index in [-0.39, 0.29) is 30.7 Å². The summed E-state index contributed by atoms with van der Waals surface area (Å²) in [5, 5.41) is 0. The lowest BCUT2D eigenvalue weighted by Gasteiger charge is -2.36. The maximum Gasteiger partial charge on any atom is 0.222 e. The molecule has 0 atom stereocenters. The zero-order valence-electron chi connectivity index (χ0n) is 15.7. The molecule has 1 aliphatic rings. The molecule has 0 radical (unpaired) electrons. The first-order chi connectivity index (χ1) is 10.8. The number of anilines is 1. The van der Waals surface area contributed by atoms with Gasteiger partial charge < -0.3 is 10.6 Å². The van der Waals surface area contributed by atoms with E-state index in [0.717, 1.165) is 50.4 Å². The number of aryl methyl sites for hydroxylation is 1. The maximum absolute atomic E-state index is 12.4. The second-order valence-electron chi connectivity index (χ2n) is 7.73. The molecule has 4 nitrogen and oxygen atoms in total. The molecule has 25 heavy (non-hydrogen) atoms. The van der Waals surface area contributed by atoms with Crippen LogP contribution < -0.4 is 5.73 Å². The maximum atomic E-state index is 12.4. The number of hydrogen-bond donors (Lipinski definition) is 1.